The third-order valence-corrected chi connectivity index (χ3v) is 3.00. The van der Waals surface area contributed by atoms with Crippen LogP contribution in [0.4, 0.5) is 0 Å². The van der Waals surface area contributed by atoms with Crippen molar-refractivity contribution < 1.29 is 9.84 Å². The highest BCUT2D eigenvalue weighted by molar-refractivity contribution is 4.48. The van der Waals surface area contributed by atoms with E-state index >= 15 is 0 Å². The predicted octanol–water partition coefficient (Wildman–Crippen LogP) is 4.14. The molecule has 1 unspecified atom stereocenters. The molecule has 0 aliphatic rings. The molecule has 0 heterocycles. The van der Waals surface area contributed by atoms with Crippen molar-refractivity contribution in [1.29, 1.82) is 0 Å². The molecule has 20 heavy (non-hydrogen) atoms. The van der Waals surface area contributed by atoms with E-state index in [-0.39, 0.29) is 6.10 Å². The Labute approximate surface area is 127 Å². The van der Waals surface area contributed by atoms with E-state index in [1.807, 2.05) is 14.1 Å². The van der Waals surface area contributed by atoms with Gasteiger partial charge < -0.3 is 15.2 Å². The zero-order valence-electron chi connectivity index (χ0n) is 14.4. The smallest absolute Gasteiger partial charge is 0.0745 e. The normalized spacial score (nSPS) is 11.8. The lowest BCUT2D eigenvalue weighted by Crippen LogP contribution is -2.10. The van der Waals surface area contributed by atoms with Crippen LogP contribution < -0.4 is 5.32 Å². The second-order valence-corrected chi connectivity index (χ2v) is 5.61. The summed E-state index contributed by atoms with van der Waals surface area (Å²) in [6, 6.07) is 0. The fourth-order valence-corrected chi connectivity index (χ4v) is 1.95. The van der Waals surface area contributed by atoms with Crippen molar-refractivity contribution in [2.45, 2.75) is 84.2 Å². The molecule has 2 N–H and O–H groups in total. The number of aliphatic hydroxyl groups excluding tert-OH is 1. The first-order chi connectivity index (χ1) is 9.68. The summed E-state index contributed by atoms with van der Waals surface area (Å²) in [6.45, 7) is 5.32. The van der Waals surface area contributed by atoms with E-state index in [4.69, 9.17) is 9.84 Å². The quantitative estimate of drug-likeness (QED) is 0.501. The largest absolute Gasteiger partial charge is 0.391 e. The monoisotopic (exact) mass is 289 g/mol. The molecule has 0 spiro atoms. The molecule has 0 aromatic heterocycles. The van der Waals surface area contributed by atoms with E-state index in [1.54, 1.807) is 6.92 Å². The fourth-order valence-electron chi connectivity index (χ4n) is 1.95. The summed E-state index contributed by atoms with van der Waals surface area (Å²) in [5.41, 5.74) is 0. The molecule has 124 valence electrons. The van der Waals surface area contributed by atoms with Gasteiger partial charge in [0.15, 0.2) is 0 Å². The Kier molecular flexibility index (Phi) is 23.5. The molecule has 0 rings (SSSR count). The van der Waals surface area contributed by atoms with E-state index in [2.05, 4.69) is 12.2 Å². The topological polar surface area (TPSA) is 41.5 Å². The lowest BCUT2D eigenvalue weighted by atomic mass is 10.1. The van der Waals surface area contributed by atoms with Crippen LogP contribution in [0.2, 0.25) is 0 Å². The lowest BCUT2D eigenvalue weighted by Gasteiger charge is -2.06. The van der Waals surface area contributed by atoms with E-state index in [9.17, 15) is 0 Å². The molecule has 0 aromatic rings. The van der Waals surface area contributed by atoms with Crippen LogP contribution in [-0.2, 0) is 4.74 Å². The Hall–Kier alpha value is -0.120. The van der Waals surface area contributed by atoms with Crippen LogP contribution in [0.25, 0.3) is 0 Å². The van der Waals surface area contributed by atoms with Crippen molar-refractivity contribution in [1.82, 2.24) is 5.32 Å². The van der Waals surface area contributed by atoms with E-state index in [0.29, 0.717) is 6.61 Å². The summed E-state index contributed by atoms with van der Waals surface area (Å²) < 4.78 is 5.32. The minimum atomic E-state index is -0.321. The van der Waals surface area contributed by atoms with E-state index in [0.717, 1.165) is 13.0 Å². The van der Waals surface area contributed by atoms with Gasteiger partial charge in [-0.25, -0.2) is 0 Å². The van der Waals surface area contributed by atoms with Gasteiger partial charge in [0.1, 0.15) is 0 Å². The Morgan fingerprint density at radius 1 is 0.850 bits per heavy atom. The Morgan fingerprint density at radius 2 is 1.25 bits per heavy atom. The molecular weight excluding hydrogens is 250 g/mol. The fraction of sp³-hybridized carbons (Fsp3) is 1.00. The highest BCUT2D eigenvalue weighted by Gasteiger charge is 1.95. The molecule has 0 amide bonds. The second-order valence-electron chi connectivity index (χ2n) is 5.61. The Bertz CT molecular complexity index is 152. The molecule has 0 saturated heterocycles. The first-order valence-electron chi connectivity index (χ1n) is 8.53. The van der Waals surface area contributed by atoms with Gasteiger partial charge in [0.05, 0.1) is 12.7 Å². The lowest BCUT2D eigenvalue weighted by molar-refractivity contribution is 0.0445. The first-order valence-corrected chi connectivity index (χ1v) is 8.53. The number of rotatable bonds is 13. The molecular formula is C17H39NO2. The number of nitrogens with one attached hydrogen (secondary N) is 1. The molecule has 0 bridgehead atoms. The third-order valence-electron chi connectivity index (χ3n) is 3.00. The number of hydrogen-bond donors (Lipinski definition) is 2. The summed E-state index contributed by atoms with van der Waals surface area (Å²) in [7, 11) is 3.75. The first kappa shape index (κ1) is 22.2. The third kappa shape index (κ3) is 26.4. The van der Waals surface area contributed by atoms with Crippen LogP contribution in [0, 0.1) is 0 Å². The summed E-state index contributed by atoms with van der Waals surface area (Å²) in [6.07, 6.45) is 13.2. The van der Waals surface area contributed by atoms with Crippen LogP contribution in [0.5, 0.6) is 0 Å². The zero-order valence-corrected chi connectivity index (χ0v) is 14.4. The molecule has 0 saturated carbocycles. The van der Waals surface area contributed by atoms with Crippen molar-refractivity contribution in [3.63, 3.8) is 0 Å². The van der Waals surface area contributed by atoms with Crippen molar-refractivity contribution >= 4 is 0 Å². The summed E-state index contributed by atoms with van der Waals surface area (Å²) in [5, 5.41) is 11.7. The van der Waals surface area contributed by atoms with E-state index in [1.165, 1.54) is 57.8 Å². The van der Waals surface area contributed by atoms with Crippen LogP contribution >= 0.6 is 0 Å². The van der Waals surface area contributed by atoms with Crippen LogP contribution in [0.15, 0.2) is 0 Å². The minimum absolute atomic E-state index is 0.321. The molecule has 0 aromatic carbocycles. The maximum absolute atomic E-state index is 8.99. The number of unbranched alkanes of at least 4 members (excludes halogenated alkanes) is 9. The van der Waals surface area contributed by atoms with Crippen molar-refractivity contribution in [2.24, 2.45) is 0 Å². The van der Waals surface area contributed by atoms with Gasteiger partial charge in [0, 0.05) is 6.61 Å². The maximum atomic E-state index is 8.99. The van der Waals surface area contributed by atoms with Gasteiger partial charge in [-0.2, -0.15) is 0 Å². The van der Waals surface area contributed by atoms with Gasteiger partial charge >= 0.3 is 0 Å². The average molecular weight is 290 g/mol. The molecule has 3 heteroatoms. The van der Waals surface area contributed by atoms with Crippen molar-refractivity contribution in [3.8, 4) is 0 Å². The highest BCUT2D eigenvalue weighted by atomic mass is 16.5. The van der Waals surface area contributed by atoms with Gasteiger partial charge in [0.25, 0.3) is 0 Å². The van der Waals surface area contributed by atoms with Crippen LogP contribution in [0.1, 0.15) is 78.1 Å². The maximum Gasteiger partial charge on any atom is 0.0745 e. The SMILES string of the molecule is CCCCCCCCCCCCOCC(C)O.CNC. The van der Waals surface area contributed by atoms with Crippen LogP contribution in [0.3, 0.4) is 0 Å². The van der Waals surface area contributed by atoms with Gasteiger partial charge in [-0.1, -0.05) is 64.7 Å². The number of ether oxygens (including phenoxy) is 1. The van der Waals surface area contributed by atoms with Crippen molar-refractivity contribution in [2.75, 3.05) is 27.3 Å². The molecule has 3 nitrogen and oxygen atoms in total. The molecule has 1 atom stereocenters. The summed E-state index contributed by atoms with van der Waals surface area (Å²) in [4.78, 5) is 0. The summed E-state index contributed by atoms with van der Waals surface area (Å²) >= 11 is 0. The predicted molar refractivity (Wildman–Crippen MR) is 89.3 cm³/mol. The van der Waals surface area contributed by atoms with Gasteiger partial charge in [0.2, 0.25) is 0 Å². The van der Waals surface area contributed by atoms with Gasteiger partial charge in [-0.15, -0.1) is 0 Å². The average Bonchev–Trinajstić information content (AvgIpc) is 2.40. The minimum Gasteiger partial charge on any atom is -0.391 e. The van der Waals surface area contributed by atoms with Gasteiger partial charge in [-0.05, 0) is 27.4 Å². The Balaban J connectivity index is 0. The van der Waals surface area contributed by atoms with E-state index < -0.39 is 0 Å². The standard InChI is InChI=1S/C15H32O2.C2H7N/c1-3-4-5-6-7-8-9-10-11-12-13-17-14-15(2)16;1-3-2/h15-16H,3-14H2,1-2H3;3H,1-2H3. The van der Waals surface area contributed by atoms with Gasteiger partial charge in [-0.3, -0.25) is 0 Å². The zero-order chi connectivity index (χ0) is 15.5. The number of hydrogen-bond acceptors (Lipinski definition) is 3. The molecule has 0 fully saturated rings. The number of aliphatic hydroxyl groups is 1. The van der Waals surface area contributed by atoms with Crippen molar-refractivity contribution in [3.05, 3.63) is 0 Å². The summed E-state index contributed by atoms with van der Waals surface area (Å²) in [5.74, 6) is 0. The second kappa shape index (κ2) is 21.2. The van der Waals surface area contributed by atoms with Crippen LogP contribution in [-0.4, -0.2) is 38.5 Å². The highest BCUT2D eigenvalue weighted by Crippen LogP contribution is 2.10. The molecule has 0 aliphatic carbocycles. The molecule has 0 radical (unpaired) electrons. The Morgan fingerprint density at radius 3 is 1.65 bits per heavy atom. The molecule has 0 aliphatic heterocycles.